The number of carbonyl (C=O) groups is 4. The third kappa shape index (κ3) is 4.12. The van der Waals surface area contributed by atoms with Crippen LogP contribution in [0.2, 0.25) is 0 Å². The van der Waals surface area contributed by atoms with Crippen LogP contribution in [0.4, 0.5) is 0 Å². The Balaban J connectivity index is 1.70. The molecular weight excluding hydrogens is 472 g/mol. The minimum atomic E-state index is -1.13. The highest BCUT2D eigenvalue weighted by Crippen LogP contribution is 2.72. The number of carboxylic acids is 2. The molecule has 4 fully saturated rings. The Kier molecular flexibility index (Phi) is 7.11. The predicted molar refractivity (Wildman–Crippen MR) is 138 cm³/mol. The fourth-order valence-corrected chi connectivity index (χ4v) is 9.12. The molecule has 0 aromatic heterocycles. The van der Waals surface area contributed by atoms with Crippen molar-refractivity contribution in [1.29, 1.82) is 0 Å². The molecule has 3 N–H and O–H groups in total. The predicted octanol–water partition coefficient (Wildman–Crippen LogP) is 4.97. The first kappa shape index (κ1) is 27.7. The molecule has 7 nitrogen and oxygen atoms in total. The number of Topliss-reactive ketones (excluding diaryl/α,β-unsaturated/α-hetero) is 2. The molecule has 7 heteroatoms. The Labute approximate surface area is 219 Å². The van der Waals surface area contributed by atoms with E-state index in [4.69, 9.17) is 5.11 Å². The minimum absolute atomic E-state index is 0.0873. The number of rotatable bonds is 6. The van der Waals surface area contributed by atoms with Gasteiger partial charge in [-0.2, -0.15) is 0 Å². The van der Waals surface area contributed by atoms with Crippen molar-refractivity contribution in [3.8, 4) is 0 Å². The summed E-state index contributed by atoms with van der Waals surface area (Å²) in [6.45, 7) is 10.1. The number of ketones is 2. The summed E-state index contributed by atoms with van der Waals surface area (Å²) in [6, 6.07) is 0. The first-order valence-electron chi connectivity index (χ1n) is 13.8. The van der Waals surface area contributed by atoms with Gasteiger partial charge in [-0.15, -0.1) is 0 Å². The number of hydrogen-bond acceptors (Lipinski definition) is 5. The summed E-state index contributed by atoms with van der Waals surface area (Å²) in [5.41, 5.74) is -0.560. The molecule has 0 radical (unpaired) electrons. The second kappa shape index (κ2) is 9.48. The van der Waals surface area contributed by atoms with Crippen molar-refractivity contribution in [3.63, 3.8) is 0 Å². The van der Waals surface area contributed by atoms with Crippen molar-refractivity contribution >= 4 is 23.5 Å². The van der Waals surface area contributed by atoms with Gasteiger partial charge in [-0.25, -0.2) is 9.59 Å². The Morgan fingerprint density at radius 3 is 2.32 bits per heavy atom. The van der Waals surface area contributed by atoms with Crippen LogP contribution in [0.5, 0.6) is 0 Å². The number of carbonyl (C=O) groups excluding carboxylic acids is 2. The number of allylic oxidation sites excluding steroid dienone is 2. The van der Waals surface area contributed by atoms with Gasteiger partial charge in [0, 0.05) is 41.4 Å². The molecule has 4 rings (SSSR count). The fourth-order valence-electron chi connectivity index (χ4n) is 9.12. The van der Waals surface area contributed by atoms with Gasteiger partial charge < -0.3 is 15.3 Å². The quantitative estimate of drug-likeness (QED) is 0.337. The average Bonchev–Trinajstić information content (AvgIpc) is 3.06. The van der Waals surface area contributed by atoms with Crippen LogP contribution in [-0.2, 0) is 19.2 Å². The summed E-state index contributed by atoms with van der Waals surface area (Å²) in [5, 5.41) is 29.7. The summed E-state index contributed by atoms with van der Waals surface area (Å²) in [5.74, 6) is -2.40. The van der Waals surface area contributed by atoms with Crippen LogP contribution in [-0.4, -0.2) is 44.9 Å². The maximum absolute atomic E-state index is 14.0. The smallest absolute Gasteiger partial charge is 0.331 e. The number of hydrogen-bond donors (Lipinski definition) is 3. The van der Waals surface area contributed by atoms with E-state index in [-0.39, 0.29) is 71.2 Å². The third-order valence-corrected chi connectivity index (χ3v) is 11.3. The second-order valence-corrected chi connectivity index (χ2v) is 13.0. The van der Waals surface area contributed by atoms with Gasteiger partial charge in [0.25, 0.3) is 0 Å². The van der Waals surface area contributed by atoms with Crippen molar-refractivity contribution in [1.82, 2.24) is 0 Å². The van der Waals surface area contributed by atoms with Crippen LogP contribution in [0.15, 0.2) is 22.8 Å². The van der Waals surface area contributed by atoms with Gasteiger partial charge in [0.15, 0.2) is 5.78 Å². The fraction of sp³-hybridized carbons (Fsp3) is 0.733. The van der Waals surface area contributed by atoms with Crippen molar-refractivity contribution in [3.05, 3.63) is 22.8 Å². The van der Waals surface area contributed by atoms with Gasteiger partial charge in [0.05, 0.1) is 6.10 Å². The number of aliphatic hydroxyl groups excluding tert-OH is 1. The lowest BCUT2D eigenvalue weighted by Gasteiger charge is -2.66. The highest BCUT2D eigenvalue weighted by atomic mass is 16.4. The number of unbranched alkanes of at least 4 members (excludes halogenated alkanes) is 1. The first-order chi connectivity index (χ1) is 17.2. The largest absolute Gasteiger partial charge is 0.478 e. The Hall–Kier alpha value is -2.28. The Bertz CT molecular complexity index is 1090. The standard InChI is InChI=1S/C30H42O7/c1-16(26(34)35)8-6-7-9-18(27(36)37)24-20-14-22(32)25-28(3)12-11-21(31)17(2)19(28)10-13-29(25,4)30(20,5)15-23(24)33/h8,17,19-21,25,31H,6-7,9-15H2,1-5H3,(H,34,35)(H,36,37)/b16-8-,24-18-/t17-,19-,20-,21+,25-,28-,29-,30-/m0/s1. The molecule has 0 aromatic rings. The molecular formula is C30H42O7. The van der Waals surface area contributed by atoms with E-state index in [1.807, 2.05) is 0 Å². The van der Waals surface area contributed by atoms with E-state index in [1.165, 1.54) is 6.92 Å². The molecule has 37 heavy (non-hydrogen) atoms. The Morgan fingerprint density at radius 1 is 1.03 bits per heavy atom. The minimum Gasteiger partial charge on any atom is -0.478 e. The van der Waals surface area contributed by atoms with Gasteiger partial charge in [-0.05, 0) is 80.0 Å². The van der Waals surface area contributed by atoms with E-state index in [0.29, 0.717) is 24.8 Å². The van der Waals surface area contributed by atoms with E-state index in [0.717, 1.165) is 19.3 Å². The molecule has 4 aliphatic carbocycles. The normalized spacial score (nSPS) is 43.1. The summed E-state index contributed by atoms with van der Waals surface area (Å²) < 4.78 is 0. The number of carboxylic acid groups (broad SMARTS) is 2. The third-order valence-electron chi connectivity index (χ3n) is 11.3. The lowest BCUT2D eigenvalue weighted by molar-refractivity contribution is -0.197. The zero-order valence-electron chi connectivity index (χ0n) is 22.8. The van der Waals surface area contributed by atoms with E-state index in [1.54, 1.807) is 6.08 Å². The van der Waals surface area contributed by atoms with Gasteiger partial charge in [0.2, 0.25) is 0 Å². The van der Waals surface area contributed by atoms with Gasteiger partial charge >= 0.3 is 11.9 Å². The van der Waals surface area contributed by atoms with Crippen LogP contribution in [0, 0.1) is 39.9 Å². The molecule has 0 bridgehead atoms. The molecule has 204 valence electrons. The molecule has 8 atom stereocenters. The molecule has 0 heterocycles. The maximum Gasteiger partial charge on any atom is 0.331 e. The van der Waals surface area contributed by atoms with Crippen LogP contribution >= 0.6 is 0 Å². The summed E-state index contributed by atoms with van der Waals surface area (Å²) >= 11 is 0. The second-order valence-electron chi connectivity index (χ2n) is 13.0. The SMILES string of the molecule is C/C(=C/CCC/C(C(=O)O)=C1/C(=O)C[C@@]2(C)[C@H]1CC(=O)[C@H]1[C@@]3(C)CC[C@@H](O)[C@@H](C)[C@@H]3CC[C@@]12C)C(=O)O. The van der Waals surface area contributed by atoms with E-state index in [2.05, 4.69) is 27.7 Å². The lowest BCUT2D eigenvalue weighted by Crippen LogP contribution is -2.64. The number of fused-ring (bicyclic) bond motifs is 5. The lowest BCUT2D eigenvalue weighted by atomic mass is 9.37. The van der Waals surface area contributed by atoms with E-state index >= 15 is 0 Å². The van der Waals surface area contributed by atoms with Crippen LogP contribution in [0.25, 0.3) is 0 Å². The van der Waals surface area contributed by atoms with Crippen LogP contribution < -0.4 is 0 Å². The maximum atomic E-state index is 14.0. The zero-order chi connectivity index (χ0) is 27.5. The summed E-state index contributed by atoms with van der Waals surface area (Å²) in [7, 11) is 0. The van der Waals surface area contributed by atoms with Gasteiger partial charge in [-0.3, -0.25) is 9.59 Å². The summed E-state index contributed by atoms with van der Waals surface area (Å²) in [4.78, 5) is 51.0. The molecule has 0 amide bonds. The molecule has 0 spiro atoms. The van der Waals surface area contributed by atoms with Crippen molar-refractivity contribution in [2.45, 2.75) is 98.5 Å². The monoisotopic (exact) mass is 514 g/mol. The van der Waals surface area contributed by atoms with Crippen molar-refractivity contribution < 1.29 is 34.5 Å². The summed E-state index contributed by atoms with van der Waals surface area (Å²) in [6.07, 6.45) is 5.79. The van der Waals surface area contributed by atoms with Crippen LogP contribution in [0.1, 0.15) is 92.4 Å². The average molecular weight is 515 g/mol. The van der Waals surface area contributed by atoms with Crippen LogP contribution in [0.3, 0.4) is 0 Å². The van der Waals surface area contributed by atoms with E-state index in [9.17, 15) is 29.4 Å². The van der Waals surface area contributed by atoms with Gasteiger partial charge in [-0.1, -0.05) is 33.8 Å². The van der Waals surface area contributed by atoms with Gasteiger partial charge in [0.1, 0.15) is 5.78 Å². The molecule has 0 aliphatic heterocycles. The Morgan fingerprint density at radius 2 is 1.70 bits per heavy atom. The van der Waals surface area contributed by atoms with Crippen molar-refractivity contribution in [2.75, 3.05) is 0 Å². The zero-order valence-corrected chi connectivity index (χ0v) is 22.8. The molecule has 0 unspecified atom stereocenters. The highest BCUT2D eigenvalue weighted by Gasteiger charge is 2.70. The molecule has 4 aliphatic rings. The first-order valence-corrected chi connectivity index (χ1v) is 13.8. The van der Waals surface area contributed by atoms with Crippen molar-refractivity contribution in [2.24, 2.45) is 39.9 Å². The number of aliphatic carboxylic acids is 2. The number of aliphatic hydroxyl groups is 1. The molecule has 4 saturated carbocycles. The molecule has 0 saturated heterocycles. The molecule has 0 aromatic carbocycles. The highest BCUT2D eigenvalue weighted by molar-refractivity contribution is 6.07. The van der Waals surface area contributed by atoms with E-state index < -0.39 is 28.7 Å². The topological polar surface area (TPSA) is 129 Å².